The lowest BCUT2D eigenvalue weighted by Gasteiger charge is -2.41. The molecule has 0 unspecified atom stereocenters. The summed E-state index contributed by atoms with van der Waals surface area (Å²) in [7, 11) is 0. The molecule has 1 saturated carbocycles. The highest BCUT2D eigenvalue weighted by Crippen LogP contribution is 2.38. The van der Waals surface area contributed by atoms with Crippen LogP contribution in [0.15, 0.2) is 12.5 Å². The molecule has 2 atom stereocenters. The first-order chi connectivity index (χ1) is 9.74. The van der Waals surface area contributed by atoms with Gasteiger partial charge in [0.25, 0.3) is 0 Å². The first-order valence-corrected chi connectivity index (χ1v) is 7.26. The molecule has 2 saturated heterocycles. The Balaban J connectivity index is 1.56. The van der Waals surface area contributed by atoms with Crippen molar-refractivity contribution in [3.05, 3.63) is 18.3 Å². The summed E-state index contributed by atoms with van der Waals surface area (Å²) in [6.07, 6.45) is 6.70. The number of fused-ring (bicyclic) bond motifs is 2. The molecule has 4 rings (SSSR count). The van der Waals surface area contributed by atoms with Gasteiger partial charge >= 0.3 is 0 Å². The number of piperazine rings is 1. The maximum Gasteiger partial charge on any atom is 0.226 e. The van der Waals surface area contributed by atoms with Crippen molar-refractivity contribution in [2.45, 2.75) is 37.8 Å². The highest BCUT2D eigenvalue weighted by atomic mass is 19.1. The number of aromatic nitrogens is 2. The van der Waals surface area contributed by atoms with Crippen LogP contribution in [0.1, 0.15) is 25.7 Å². The Morgan fingerprint density at radius 2 is 1.90 bits per heavy atom. The van der Waals surface area contributed by atoms with E-state index in [1.165, 1.54) is 12.5 Å². The van der Waals surface area contributed by atoms with E-state index < -0.39 is 0 Å². The summed E-state index contributed by atoms with van der Waals surface area (Å²) in [4.78, 5) is 24.1. The van der Waals surface area contributed by atoms with E-state index in [0.717, 1.165) is 25.7 Å². The summed E-state index contributed by atoms with van der Waals surface area (Å²) in [6, 6.07) is 0.437. The summed E-state index contributed by atoms with van der Waals surface area (Å²) in [5.74, 6) is 0.574. The predicted octanol–water partition coefficient (Wildman–Crippen LogP) is 1.21. The number of nitrogens with zero attached hydrogens (tertiary/aromatic N) is 4. The van der Waals surface area contributed by atoms with Gasteiger partial charge in [0.05, 0.1) is 6.20 Å². The number of carbonyl (C=O) groups excluding carboxylic acids is 1. The standard InChI is InChI=1S/C14H17FN4O/c15-12-5-16-8-17-13(12)18-6-10-3-4-11(7-18)19(10)14(20)9-1-2-9/h5,8-11H,1-4,6-7H2/t10-,11+. The maximum atomic E-state index is 13.8. The third-order valence-electron chi connectivity index (χ3n) is 4.61. The van der Waals surface area contributed by atoms with Crippen molar-refractivity contribution >= 4 is 11.7 Å². The quantitative estimate of drug-likeness (QED) is 0.814. The van der Waals surface area contributed by atoms with Gasteiger partial charge in [0, 0.05) is 31.1 Å². The second kappa shape index (κ2) is 4.40. The Kier molecular flexibility index (Phi) is 2.65. The summed E-state index contributed by atoms with van der Waals surface area (Å²) in [5.41, 5.74) is 0. The Morgan fingerprint density at radius 1 is 1.20 bits per heavy atom. The second-order valence-electron chi connectivity index (χ2n) is 6.00. The predicted molar refractivity (Wildman–Crippen MR) is 70.6 cm³/mol. The molecular formula is C14H17FN4O. The first kappa shape index (κ1) is 12.1. The molecule has 1 aromatic rings. The molecule has 3 heterocycles. The molecule has 0 radical (unpaired) electrons. The number of hydrogen-bond acceptors (Lipinski definition) is 4. The molecule has 5 nitrogen and oxygen atoms in total. The van der Waals surface area contributed by atoms with Crippen molar-refractivity contribution in [3.8, 4) is 0 Å². The van der Waals surface area contributed by atoms with Crippen LogP contribution in [-0.4, -0.2) is 45.9 Å². The minimum atomic E-state index is -0.381. The van der Waals surface area contributed by atoms with Gasteiger partial charge in [0.1, 0.15) is 6.33 Å². The highest BCUT2D eigenvalue weighted by Gasteiger charge is 2.46. The van der Waals surface area contributed by atoms with Gasteiger partial charge in [-0.05, 0) is 25.7 Å². The number of carbonyl (C=O) groups is 1. The molecule has 0 aromatic carbocycles. The van der Waals surface area contributed by atoms with Crippen LogP contribution in [0.25, 0.3) is 0 Å². The molecule has 6 heteroatoms. The first-order valence-electron chi connectivity index (χ1n) is 7.26. The zero-order valence-electron chi connectivity index (χ0n) is 11.2. The van der Waals surface area contributed by atoms with Gasteiger partial charge < -0.3 is 9.80 Å². The lowest BCUT2D eigenvalue weighted by atomic mass is 10.1. The summed E-state index contributed by atoms with van der Waals surface area (Å²) >= 11 is 0. The number of amides is 1. The maximum absolute atomic E-state index is 13.8. The van der Waals surface area contributed by atoms with Crippen LogP contribution < -0.4 is 4.90 Å². The van der Waals surface area contributed by atoms with E-state index in [0.29, 0.717) is 24.8 Å². The largest absolute Gasteiger partial charge is 0.350 e. The van der Waals surface area contributed by atoms with E-state index in [1.54, 1.807) is 0 Å². The molecule has 1 amide bonds. The molecular weight excluding hydrogens is 259 g/mol. The van der Waals surface area contributed by atoms with Gasteiger partial charge in [-0.3, -0.25) is 4.79 Å². The molecule has 1 aliphatic carbocycles. The summed E-state index contributed by atoms with van der Waals surface area (Å²) < 4.78 is 13.8. The van der Waals surface area contributed by atoms with Crippen molar-refractivity contribution in [2.75, 3.05) is 18.0 Å². The van der Waals surface area contributed by atoms with Crippen LogP contribution in [0.3, 0.4) is 0 Å². The third kappa shape index (κ3) is 1.85. The Bertz CT molecular complexity index is 534. The van der Waals surface area contributed by atoms with Gasteiger partial charge in [0.15, 0.2) is 11.6 Å². The topological polar surface area (TPSA) is 49.3 Å². The van der Waals surface area contributed by atoms with E-state index in [4.69, 9.17) is 0 Å². The van der Waals surface area contributed by atoms with E-state index >= 15 is 0 Å². The number of rotatable bonds is 2. The van der Waals surface area contributed by atoms with Crippen molar-refractivity contribution < 1.29 is 9.18 Å². The van der Waals surface area contributed by atoms with Crippen molar-refractivity contribution in [1.82, 2.24) is 14.9 Å². The van der Waals surface area contributed by atoms with Crippen molar-refractivity contribution in [1.29, 1.82) is 0 Å². The number of hydrogen-bond donors (Lipinski definition) is 0. The lowest BCUT2D eigenvalue weighted by molar-refractivity contribution is -0.135. The van der Waals surface area contributed by atoms with Gasteiger partial charge in [-0.25, -0.2) is 14.4 Å². The number of anilines is 1. The molecule has 2 aliphatic heterocycles. The monoisotopic (exact) mass is 276 g/mol. The average molecular weight is 276 g/mol. The lowest BCUT2D eigenvalue weighted by Crippen LogP contribution is -2.56. The molecule has 1 aromatic heterocycles. The third-order valence-corrected chi connectivity index (χ3v) is 4.61. The molecule has 20 heavy (non-hydrogen) atoms. The van der Waals surface area contributed by atoms with Crippen molar-refractivity contribution in [3.63, 3.8) is 0 Å². The Hall–Kier alpha value is -1.72. The van der Waals surface area contributed by atoms with Crippen LogP contribution in [0, 0.1) is 11.7 Å². The second-order valence-corrected chi connectivity index (χ2v) is 6.00. The van der Waals surface area contributed by atoms with Crippen LogP contribution in [0.5, 0.6) is 0 Å². The van der Waals surface area contributed by atoms with Gasteiger partial charge in [-0.1, -0.05) is 0 Å². The highest BCUT2D eigenvalue weighted by molar-refractivity contribution is 5.82. The molecule has 3 fully saturated rings. The fourth-order valence-corrected chi connectivity index (χ4v) is 3.52. The van der Waals surface area contributed by atoms with Gasteiger partial charge in [-0.15, -0.1) is 0 Å². The van der Waals surface area contributed by atoms with E-state index in [-0.39, 0.29) is 23.8 Å². The van der Waals surface area contributed by atoms with Gasteiger partial charge in [-0.2, -0.15) is 0 Å². The molecule has 0 spiro atoms. The normalized spacial score (nSPS) is 28.9. The zero-order valence-corrected chi connectivity index (χ0v) is 11.2. The van der Waals surface area contributed by atoms with E-state index in [9.17, 15) is 9.18 Å². The Morgan fingerprint density at radius 3 is 2.50 bits per heavy atom. The van der Waals surface area contributed by atoms with Crippen molar-refractivity contribution in [2.24, 2.45) is 5.92 Å². The van der Waals surface area contributed by atoms with E-state index in [1.807, 2.05) is 4.90 Å². The smallest absolute Gasteiger partial charge is 0.226 e. The van der Waals surface area contributed by atoms with Crippen LogP contribution in [0.4, 0.5) is 10.2 Å². The molecule has 3 aliphatic rings. The SMILES string of the molecule is O=C(C1CC1)N1[C@@H]2CC[C@H]1CN(c1ncncc1F)C2. The fourth-order valence-electron chi connectivity index (χ4n) is 3.52. The minimum absolute atomic E-state index is 0.219. The average Bonchev–Trinajstić information content (AvgIpc) is 3.25. The fraction of sp³-hybridized carbons (Fsp3) is 0.643. The minimum Gasteiger partial charge on any atom is -0.350 e. The van der Waals surface area contributed by atoms with Crippen LogP contribution in [0.2, 0.25) is 0 Å². The molecule has 0 N–H and O–H groups in total. The van der Waals surface area contributed by atoms with Gasteiger partial charge in [0.2, 0.25) is 5.91 Å². The summed E-state index contributed by atoms with van der Waals surface area (Å²) in [6.45, 7) is 1.37. The molecule has 106 valence electrons. The summed E-state index contributed by atoms with van der Waals surface area (Å²) in [5, 5.41) is 0. The number of halogens is 1. The van der Waals surface area contributed by atoms with Crippen LogP contribution in [-0.2, 0) is 4.79 Å². The van der Waals surface area contributed by atoms with Crippen LogP contribution >= 0.6 is 0 Å². The molecule has 2 bridgehead atoms. The zero-order chi connectivity index (χ0) is 13.7. The van der Waals surface area contributed by atoms with E-state index in [2.05, 4.69) is 14.9 Å². The Labute approximate surface area is 116 Å².